The lowest BCUT2D eigenvalue weighted by Crippen LogP contribution is -2.34. The Morgan fingerprint density at radius 3 is 2.77 bits per heavy atom. The van der Waals surface area contributed by atoms with E-state index in [2.05, 4.69) is 16.0 Å². The van der Waals surface area contributed by atoms with Gasteiger partial charge in [-0.1, -0.05) is 6.07 Å². The molecule has 0 spiro atoms. The van der Waals surface area contributed by atoms with E-state index in [0.29, 0.717) is 18.0 Å². The van der Waals surface area contributed by atoms with Gasteiger partial charge in [0.2, 0.25) is 5.91 Å². The lowest BCUT2D eigenvalue weighted by molar-refractivity contribution is -0.384. The molecule has 0 radical (unpaired) electrons. The molecular weight excluding hydrogens is 404 g/mol. The Morgan fingerprint density at radius 1 is 1.23 bits per heavy atom. The number of nitrogens with zero attached hydrogens (tertiary/aromatic N) is 1. The molecule has 1 fully saturated rings. The topological polar surface area (TPSA) is 132 Å². The van der Waals surface area contributed by atoms with Crippen LogP contribution in [0.5, 0.6) is 5.75 Å². The van der Waals surface area contributed by atoms with Crippen LogP contribution in [0.2, 0.25) is 0 Å². The van der Waals surface area contributed by atoms with Crippen LogP contribution in [-0.4, -0.2) is 49.6 Å². The Balaban J connectivity index is 1.70. The van der Waals surface area contributed by atoms with Crippen LogP contribution in [0, 0.1) is 10.1 Å². The highest BCUT2D eigenvalue weighted by atomic mass is 16.6. The summed E-state index contributed by atoms with van der Waals surface area (Å²) in [7, 11) is 1.50. The fourth-order valence-corrected chi connectivity index (χ4v) is 3.19. The van der Waals surface area contributed by atoms with Crippen LogP contribution in [0.4, 0.5) is 17.1 Å². The van der Waals surface area contributed by atoms with Crippen molar-refractivity contribution in [3.63, 3.8) is 0 Å². The molecule has 0 aliphatic carbocycles. The van der Waals surface area contributed by atoms with Gasteiger partial charge in [-0.05, 0) is 31.0 Å². The zero-order valence-corrected chi connectivity index (χ0v) is 17.1. The van der Waals surface area contributed by atoms with Gasteiger partial charge in [0.15, 0.2) is 0 Å². The third kappa shape index (κ3) is 6.24. The Morgan fingerprint density at radius 2 is 2.06 bits per heavy atom. The summed E-state index contributed by atoms with van der Waals surface area (Å²) >= 11 is 0. The van der Waals surface area contributed by atoms with Gasteiger partial charge in [-0.15, -0.1) is 0 Å². The van der Waals surface area contributed by atoms with Gasteiger partial charge in [0.05, 0.1) is 35.9 Å². The minimum Gasteiger partial charge on any atom is -0.497 e. The molecule has 2 aromatic carbocycles. The maximum absolute atomic E-state index is 12.8. The second-order valence-electron chi connectivity index (χ2n) is 6.99. The number of nitro benzene ring substituents is 1. The maximum atomic E-state index is 12.8. The summed E-state index contributed by atoms with van der Waals surface area (Å²) in [6.07, 6.45) is 2.05. The van der Waals surface area contributed by atoms with Gasteiger partial charge in [0, 0.05) is 37.0 Å². The highest BCUT2D eigenvalue weighted by Gasteiger charge is 2.19. The van der Waals surface area contributed by atoms with Crippen LogP contribution < -0.4 is 20.7 Å². The van der Waals surface area contributed by atoms with Gasteiger partial charge in [-0.3, -0.25) is 19.7 Å². The number of nitro groups is 1. The molecule has 1 atom stereocenters. The number of ether oxygens (including phenoxy) is 2. The van der Waals surface area contributed by atoms with Crippen LogP contribution in [0.1, 0.15) is 23.2 Å². The minimum absolute atomic E-state index is 0.0216. The molecule has 1 saturated heterocycles. The van der Waals surface area contributed by atoms with Crippen molar-refractivity contribution in [2.75, 3.05) is 37.4 Å². The van der Waals surface area contributed by atoms with Gasteiger partial charge in [0.1, 0.15) is 5.75 Å². The molecule has 10 nitrogen and oxygen atoms in total. The van der Waals surface area contributed by atoms with E-state index in [-0.39, 0.29) is 35.5 Å². The first-order valence-electron chi connectivity index (χ1n) is 9.82. The summed E-state index contributed by atoms with van der Waals surface area (Å²) in [6.45, 7) is 1.30. The van der Waals surface area contributed by atoms with E-state index in [1.807, 2.05) is 0 Å². The molecule has 0 bridgehead atoms. The Labute approximate surface area is 179 Å². The largest absolute Gasteiger partial charge is 0.497 e. The number of rotatable bonds is 9. The van der Waals surface area contributed by atoms with Gasteiger partial charge in [0.25, 0.3) is 11.6 Å². The molecule has 0 unspecified atom stereocenters. The van der Waals surface area contributed by atoms with Gasteiger partial charge < -0.3 is 25.4 Å². The second kappa shape index (κ2) is 10.5. The smallest absolute Gasteiger partial charge is 0.270 e. The SMILES string of the molecule is COc1cccc(NC(=O)c2cc([N+](=O)[O-])ccc2NC(=O)CNC[C@H]2CCCO2)c1. The first-order valence-corrected chi connectivity index (χ1v) is 9.82. The lowest BCUT2D eigenvalue weighted by atomic mass is 10.1. The second-order valence-corrected chi connectivity index (χ2v) is 6.99. The van der Waals surface area contributed by atoms with E-state index in [0.717, 1.165) is 25.5 Å². The quantitative estimate of drug-likeness (QED) is 0.413. The molecule has 0 saturated carbocycles. The normalized spacial score (nSPS) is 15.3. The van der Waals surface area contributed by atoms with Crippen LogP contribution in [-0.2, 0) is 9.53 Å². The number of hydrogen-bond acceptors (Lipinski definition) is 7. The number of non-ortho nitro benzene ring substituents is 1. The highest BCUT2D eigenvalue weighted by Crippen LogP contribution is 2.24. The van der Waals surface area contributed by atoms with Crippen molar-refractivity contribution in [2.45, 2.75) is 18.9 Å². The van der Waals surface area contributed by atoms with E-state index in [1.165, 1.54) is 19.2 Å². The number of methoxy groups -OCH3 is 1. The third-order valence-corrected chi connectivity index (χ3v) is 4.74. The van der Waals surface area contributed by atoms with Crippen molar-refractivity contribution in [3.05, 3.63) is 58.1 Å². The molecular formula is C21H24N4O6. The van der Waals surface area contributed by atoms with Crippen LogP contribution in [0.3, 0.4) is 0 Å². The molecule has 164 valence electrons. The molecule has 1 heterocycles. The van der Waals surface area contributed by atoms with Crippen molar-refractivity contribution in [1.29, 1.82) is 0 Å². The summed E-state index contributed by atoms with van der Waals surface area (Å²) in [5.74, 6) is -0.426. The first kappa shape index (κ1) is 22.2. The summed E-state index contributed by atoms with van der Waals surface area (Å²) in [5, 5.41) is 19.5. The fraction of sp³-hybridized carbons (Fsp3) is 0.333. The predicted octanol–water partition coefficient (Wildman–Crippen LogP) is 2.56. The van der Waals surface area contributed by atoms with Crippen LogP contribution in [0.25, 0.3) is 0 Å². The van der Waals surface area contributed by atoms with Crippen molar-refractivity contribution in [3.8, 4) is 5.75 Å². The van der Waals surface area contributed by atoms with E-state index < -0.39 is 10.8 Å². The Kier molecular flexibility index (Phi) is 7.52. The first-order chi connectivity index (χ1) is 15.0. The average Bonchev–Trinajstić information content (AvgIpc) is 3.27. The molecule has 31 heavy (non-hydrogen) atoms. The number of hydrogen-bond donors (Lipinski definition) is 3. The number of benzene rings is 2. The van der Waals surface area contributed by atoms with Gasteiger partial charge in [-0.2, -0.15) is 0 Å². The van der Waals surface area contributed by atoms with Crippen LogP contribution >= 0.6 is 0 Å². The number of nitrogens with one attached hydrogen (secondary N) is 3. The zero-order chi connectivity index (χ0) is 22.2. The Bertz CT molecular complexity index is 959. The number of anilines is 2. The summed E-state index contributed by atoms with van der Waals surface area (Å²) in [6, 6.07) is 10.4. The van der Waals surface area contributed by atoms with E-state index in [4.69, 9.17) is 9.47 Å². The number of carbonyl (C=O) groups is 2. The standard InChI is InChI=1S/C21H24N4O6/c1-30-16-5-2-4-14(10-16)23-21(27)18-11-15(25(28)29)7-8-19(18)24-20(26)13-22-12-17-6-3-9-31-17/h2,4-5,7-8,10-11,17,22H,3,6,9,12-13H2,1H3,(H,23,27)(H,24,26)/t17-/m1/s1. The van der Waals surface area contributed by atoms with E-state index in [9.17, 15) is 19.7 Å². The van der Waals surface area contributed by atoms with Gasteiger partial charge >= 0.3 is 0 Å². The van der Waals surface area contributed by atoms with Crippen molar-refractivity contribution in [1.82, 2.24) is 5.32 Å². The van der Waals surface area contributed by atoms with Crippen molar-refractivity contribution in [2.24, 2.45) is 0 Å². The zero-order valence-electron chi connectivity index (χ0n) is 17.1. The molecule has 3 rings (SSSR count). The molecule has 0 aromatic heterocycles. The molecule has 2 amide bonds. The predicted molar refractivity (Wildman–Crippen MR) is 115 cm³/mol. The van der Waals surface area contributed by atoms with Gasteiger partial charge in [-0.25, -0.2) is 0 Å². The highest BCUT2D eigenvalue weighted by molar-refractivity contribution is 6.10. The number of carbonyl (C=O) groups excluding carboxylic acids is 2. The van der Waals surface area contributed by atoms with Crippen molar-refractivity contribution >= 4 is 28.9 Å². The van der Waals surface area contributed by atoms with E-state index in [1.54, 1.807) is 24.3 Å². The number of amides is 2. The van der Waals surface area contributed by atoms with Crippen molar-refractivity contribution < 1.29 is 24.0 Å². The summed E-state index contributed by atoms with van der Waals surface area (Å²) in [4.78, 5) is 35.7. The van der Waals surface area contributed by atoms with Crippen LogP contribution in [0.15, 0.2) is 42.5 Å². The molecule has 2 aromatic rings. The maximum Gasteiger partial charge on any atom is 0.270 e. The third-order valence-electron chi connectivity index (χ3n) is 4.74. The molecule has 3 N–H and O–H groups in total. The monoisotopic (exact) mass is 428 g/mol. The lowest BCUT2D eigenvalue weighted by Gasteiger charge is -2.13. The summed E-state index contributed by atoms with van der Waals surface area (Å²) in [5.41, 5.74) is 0.344. The molecule has 10 heteroatoms. The average molecular weight is 428 g/mol. The Hall–Kier alpha value is -3.50. The minimum atomic E-state index is -0.600. The fourth-order valence-electron chi connectivity index (χ4n) is 3.19. The molecule has 1 aliphatic heterocycles. The summed E-state index contributed by atoms with van der Waals surface area (Å²) < 4.78 is 10.6. The van der Waals surface area contributed by atoms with E-state index >= 15 is 0 Å². The molecule has 1 aliphatic rings.